The minimum atomic E-state index is 0.458. The summed E-state index contributed by atoms with van der Waals surface area (Å²) in [6.45, 7) is 0. The number of nitrogen functional groups attached to an aromatic ring is 1. The van der Waals surface area contributed by atoms with Crippen molar-refractivity contribution in [3.05, 3.63) is 17.7 Å². The van der Waals surface area contributed by atoms with Crippen LogP contribution in [0.3, 0.4) is 0 Å². The zero-order valence-electron chi connectivity index (χ0n) is 8.95. The maximum absolute atomic E-state index is 10.3. The van der Waals surface area contributed by atoms with E-state index in [0.717, 1.165) is 11.8 Å². The van der Waals surface area contributed by atoms with Crippen LogP contribution in [0.5, 0.6) is 11.5 Å². The molecule has 0 aliphatic carbocycles. The number of rotatable bonds is 5. The van der Waals surface area contributed by atoms with Gasteiger partial charge in [-0.25, -0.2) is 0 Å². The lowest BCUT2D eigenvalue weighted by Gasteiger charge is -2.11. The second kappa shape index (κ2) is 5.24. The van der Waals surface area contributed by atoms with Crippen molar-refractivity contribution in [2.45, 2.75) is 12.8 Å². The molecule has 0 amide bonds. The highest BCUT2D eigenvalue weighted by molar-refractivity contribution is 5.59. The molecule has 0 saturated heterocycles. The van der Waals surface area contributed by atoms with Crippen LogP contribution in [0.4, 0.5) is 5.69 Å². The second-order valence-electron chi connectivity index (χ2n) is 3.11. The number of benzene rings is 1. The molecule has 15 heavy (non-hydrogen) atoms. The van der Waals surface area contributed by atoms with Crippen LogP contribution in [0.2, 0.25) is 0 Å². The van der Waals surface area contributed by atoms with Crippen molar-refractivity contribution in [1.29, 1.82) is 0 Å². The molecule has 2 N–H and O–H groups in total. The molecule has 0 atom stereocenters. The summed E-state index contributed by atoms with van der Waals surface area (Å²) in [6, 6.07) is 3.51. The molecule has 0 fully saturated rings. The standard InChI is InChI=1S/C11H15NO3/c1-14-10-6-8(4-3-5-13)9(12)7-11(10)15-2/h5-7H,3-4,12H2,1-2H3. The van der Waals surface area contributed by atoms with Crippen molar-refractivity contribution in [3.8, 4) is 11.5 Å². The molecule has 0 aromatic heterocycles. The Balaban J connectivity index is 3.02. The molecule has 0 unspecified atom stereocenters. The average molecular weight is 209 g/mol. The fourth-order valence-corrected chi connectivity index (χ4v) is 1.37. The van der Waals surface area contributed by atoms with Gasteiger partial charge in [0.15, 0.2) is 11.5 Å². The first-order valence-corrected chi connectivity index (χ1v) is 4.67. The van der Waals surface area contributed by atoms with E-state index in [-0.39, 0.29) is 0 Å². The maximum atomic E-state index is 10.3. The molecule has 0 aliphatic heterocycles. The van der Waals surface area contributed by atoms with Gasteiger partial charge in [-0.15, -0.1) is 0 Å². The highest BCUT2D eigenvalue weighted by atomic mass is 16.5. The van der Waals surface area contributed by atoms with E-state index in [9.17, 15) is 4.79 Å². The lowest BCUT2D eigenvalue weighted by molar-refractivity contribution is -0.107. The SMILES string of the molecule is COc1cc(N)c(CCC=O)cc1OC. The molecule has 1 aromatic rings. The minimum absolute atomic E-state index is 0.458. The molecule has 0 bridgehead atoms. The zero-order valence-corrected chi connectivity index (χ0v) is 8.95. The number of carbonyl (C=O) groups is 1. The van der Waals surface area contributed by atoms with Gasteiger partial charge in [0.05, 0.1) is 14.2 Å². The summed E-state index contributed by atoms with van der Waals surface area (Å²) in [6.07, 6.45) is 1.95. The van der Waals surface area contributed by atoms with Crippen molar-refractivity contribution in [1.82, 2.24) is 0 Å². The Hall–Kier alpha value is -1.71. The number of anilines is 1. The van der Waals surface area contributed by atoms with E-state index < -0.39 is 0 Å². The fraction of sp³-hybridized carbons (Fsp3) is 0.364. The molecule has 0 spiro atoms. The van der Waals surface area contributed by atoms with E-state index in [4.69, 9.17) is 15.2 Å². The predicted octanol–water partition coefficient (Wildman–Crippen LogP) is 1.42. The van der Waals surface area contributed by atoms with Gasteiger partial charge in [0.25, 0.3) is 0 Å². The van der Waals surface area contributed by atoms with Crippen molar-refractivity contribution >= 4 is 12.0 Å². The van der Waals surface area contributed by atoms with Crippen LogP contribution in [0.15, 0.2) is 12.1 Å². The lowest BCUT2D eigenvalue weighted by atomic mass is 10.1. The number of aryl methyl sites for hydroxylation is 1. The van der Waals surface area contributed by atoms with Crippen LogP contribution in [-0.2, 0) is 11.2 Å². The van der Waals surface area contributed by atoms with Gasteiger partial charge >= 0.3 is 0 Å². The Morgan fingerprint density at radius 2 is 1.87 bits per heavy atom. The average Bonchev–Trinajstić information content (AvgIpc) is 2.27. The van der Waals surface area contributed by atoms with E-state index in [0.29, 0.717) is 30.0 Å². The lowest BCUT2D eigenvalue weighted by Crippen LogP contribution is -1.99. The van der Waals surface area contributed by atoms with Gasteiger partial charge < -0.3 is 20.0 Å². The van der Waals surface area contributed by atoms with Gasteiger partial charge in [-0.2, -0.15) is 0 Å². The summed E-state index contributed by atoms with van der Waals surface area (Å²) in [5.74, 6) is 1.23. The first kappa shape index (κ1) is 11.4. The van der Waals surface area contributed by atoms with E-state index in [2.05, 4.69) is 0 Å². The van der Waals surface area contributed by atoms with Crippen molar-refractivity contribution in [3.63, 3.8) is 0 Å². The third-order valence-electron chi connectivity index (χ3n) is 2.18. The molecule has 0 saturated carbocycles. The number of hydrogen-bond donors (Lipinski definition) is 1. The van der Waals surface area contributed by atoms with Crippen LogP contribution in [0.1, 0.15) is 12.0 Å². The summed E-state index contributed by atoms with van der Waals surface area (Å²) < 4.78 is 10.2. The normalized spacial score (nSPS) is 9.73. The third kappa shape index (κ3) is 2.62. The molecule has 1 aromatic carbocycles. The second-order valence-corrected chi connectivity index (χ2v) is 3.11. The molecule has 0 aliphatic rings. The first-order valence-electron chi connectivity index (χ1n) is 4.67. The topological polar surface area (TPSA) is 61.5 Å². The highest BCUT2D eigenvalue weighted by Gasteiger charge is 2.08. The predicted molar refractivity (Wildman–Crippen MR) is 58.3 cm³/mol. The number of nitrogens with two attached hydrogens (primary N) is 1. The summed E-state index contributed by atoms with van der Waals surface area (Å²) >= 11 is 0. The summed E-state index contributed by atoms with van der Waals surface area (Å²) in [4.78, 5) is 10.3. The Kier molecular flexibility index (Phi) is 3.97. The molecular weight excluding hydrogens is 194 g/mol. The fourth-order valence-electron chi connectivity index (χ4n) is 1.37. The highest BCUT2D eigenvalue weighted by Crippen LogP contribution is 2.32. The first-order chi connectivity index (χ1) is 7.22. The van der Waals surface area contributed by atoms with Gasteiger partial charge in [-0.05, 0) is 18.1 Å². The van der Waals surface area contributed by atoms with Gasteiger partial charge in [0.1, 0.15) is 6.29 Å². The largest absolute Gasteiger partial charge is 0.493 e. The van der Waals surface area contributed by atoms with Crippen molar-refractivity contribution in [2.75, 3.05) is 20.0 Å². The number of carbonyl (C=O) groups excluding carboxylic acids is 1. The van der Waals surface area contributed by atoms with Gasteiger partial charge in [-0.3, -0.25) is 0 Å². The van der Waals surface area contributed by atoms with Crippen LogP contribution in [0.25, 0.3) is 0 Å². The molecule has 0 radical (unpaired) electrons. The van der Waals surface area contributed by atoms with E-state index >= 15 is 0 Å². The monoisotopic (exact) mass is 209 g/mol. The quantitative estimate of drug-likeness (QED) is 0.588. The Labute approximate surface area is 89.0 Å². The van der Waals surface area contributed by atoms with E-state index in [1.807, 2.05) is 0 Å². The van der Waals surface area contributed by atoms with Crippen LogP contribution in [-0.4, -0.2) is 20.5 Å². The van der Waals surface area contributed by atoms with Gasteiger partial charge in [0.2, 0.25) is 0 Å². The minimum Gasteiger partial charge on any atom is -0.493 e. The molecule has 82 valence electrons. The molecular formula is C11H15NO3. The smallest absolute Gasteiger partial charge is 0.162 e. The summed E-state index contributed by atoms with van der Waals surface area (Å²) in [5.41, 5.74) is 7.33. The zero-order chi connectivity index (χ0) is 11.3. The van der Waals surface area contributed by atoms with Crippen LogP contribution < -0.4 is 15.2 Å². The number of ether oxygens (including phenoxy) is 2. The van der Waals surface area contributed by atoms with Crippen LogP contribution in [0, 0.1) is 0 Å². The Morgan fingerprint density at radius 1 is 1.27 bits per heavy atom. The van der Waals surface area contributed by atoms with Crippen molar-refractivity contribution < 1.29 is 14.3 Å². The van der Waals surface area contributed by atoms with Crippen LogP contribution >= 0.6 is 0 Å². The summed E-state index contributed by atoms with van der Waals surface area (Å²) in [5, 5.41) is 0. The van der Waals surface area contributed by atoms with Gasteiger partial charge in [0, 0.05) is 18.2 Å². The van der Waals surface area contributed by atoms with Gasteiger partial charge in [-0.1, -0.05) is 0 Å². The molecule has 4 heteroatoms. The van der Waals surface area contributed by atoms with Crippen molar-refractivity contribution in [2.24, 2.45) is 0 Å². The van der Waals surface area contributed by atoms with E-state index in [1.54, 1.807) is 26.4 Å². The number of aldehydes is 1. The number of methoxy groups -OCH3 is 2. The molecule has 0 heterocycles. The third-order valence-corrected chi connectivity index (χ3v) is 2.18. The Bertz CT molecular complexity index is 350. The molecule has 4 nitrogen and oxygen atoms in total. The number of hydrogen-bond acceptors (Lipinski definition) is 4. The molecule has 1 rings (SSSR count). The summed E-state index contributed by atoms with van der Waals surface area (Å²) in [7, 11) is 3.12. The maximum Gasteiger partial charge on any atom is 0.162 e. The Morgan fingerprint density at radius 3 is 2.40 bits per heavy atom. The van der Waals surface area contributed by atoms with E-state index in [1.165, 1.54) is 0 Å².